The second kappa shape index (κ2) is 7.14. The average molecular weight is 352 g/mol. The zero-order valence-electron chi connectivity index (χ0n) is 14.4. The molecule has 27 heavy (non-hydrogen) atoms. The van der Waals surface area contributed by atoms with E-state index >= 15 is 0 Å². The van der Waals surface area contributed by atoms with Gasteiger partial charge in [0, 0.05) is 11.1 Å². The van der Waals surface area contributed by atoms with Crippen LogP contribution in [0.1, 0.15) is 21.7 Å². The third-order valence-corrected chi connectivity index (χ3v) is 4.36. The van der Waals surface area contributed by atoms with Crippen molar-refractivity contribution in [2.45, 2.75) is 6.54 Å². The lowest BCUT2D eigenvalue weighted by Gasteiger charge is -2.11. The Morgan fingerprint density at radius 1 is 0.963 bits per heavy atom. The Hall–Kier alpha value is -3.91. The van der Waals surface area contributed by atoms with E-state index in [-0.39, 0.29) is 5.91 Å². The number of H-pyrrole nitrogens is 1. The van der Waals surface area contributed by atoms with Crippen LogP contribution in [0.15, 0.2) is 72.8 Å². The van der Waals surface area contributed by atoms with Crippen LogP contribution in [0.5, 0.6) is 0 Å². The van der Waals surface area contributed by atoms with Crippen molar-refractivity contribution < 1.29 is 4.79 Å². The van der Waals surface area contributed by atoms with Crippen LogP contribution in [0, 0.1) is 11.3 Å². The Bertz CT molecular complexity index is 1140. The monoisotopic (exact) mass is 352 g/mol. The van der Waals surface area contributed by atoms with Crippen LogP contribution in [-0.2, 0) is 6.54 Å². The van der Waals surface area contributed by atoms with Crippen LogP contribution in [0.2, 0.25) is 0 Å². The van der Waals surface area contributed by atoms with Gasteiger partial charge in [-0.1, -0.05) is 48.5 Å². The summed E-state index contributed by atoms with van der Waals surface area (Å²) in [6.45, 7) is 0.293. The number of aromatic amines is 1. The molecule has 0 spiro atoms. The van der Waals surface area contributed by atoms with Crippen LogP contribution < -0.4 is 5.32 Å². The molecule has 4 rings (SSSR count). The van der Waals surface area contributed by atoms with Crippen molar-refractivity contribution in [1.82, 2.24) is 15.3 Å². The summed E-state index contributed by atoms with van der Waals surface area (Å²) in [7, 11) is 0. The van der Waals surface area contributed by atoms with Crippen LogP contribution in [0.3, 0.4) is 0 Å². The molecule has 130 valence electrons. The minimum atomic E-state index is -0.209. The average Bonchev–Trinajstić information content (AvgIpc) is 3.15. The van der Waals surface area contributed by atoms with Crippen molar-refractivity contribution in [3.8, 4) is 17.2 Å². The first-order valence-electron chi connectivity index (χ1n) is 8.56. The minimum absolute atomic E-state index is 0.209. The maximum atomic E-state index is 12.8. The van der Waals surface area contributed by atoms with Crippen LogP contribution >= 0.6 is 0 Å². The van der Waals surface area contributed by atoms with E-state index in [1.54, 1.807) is 12.1 Å². The van der Waals surface area contributed by atoms with Gasteiger partial charge in [0.05, 0.1) is 29.2 Å². The molecule has 5 heteroatoms. The molecule has 0 atom stereocenters. The molecule has 0 aliphatic heterocycles. The van der Waals surface area contributed by atoms with E-state index in [4.69, 9.17) is 0 Å². The zero-order chi connectivity index (χ0) is 18.6. The van der Waals surface area contributed by atoms with Crippen molar-refractivity contribution in [2.75, 3.05) is 0 Å². The molecule has 0 radical (unpaired) electrons. The molecular weight excluding hydrogens is 336 g/mol. The quantitative estimate of drug-likeness (QED) is 0.582. The summed E-state index contributed by atoms with van der Waals surface area (Å²) in [4.78, 5) is 20.5. The molecule has 4 aromatic rings. The van der Waals surface area contributed by atoms with Gasteiger partial charge in [-0.3, -0.25) is 4.79 Å². The summed E-state index contributed by atoms with van der Waals surface area (Å²) in [5.41, 5.74) is 4.34. The normalized spacial score (nSPS) is 10.5. The number of para-hydroxylation sites is 2. The van der Waals surface area contributed by atoms with Gasteiger partial charge in [0.2, 0.25) is 0 Å². The molecule has 0 aliphatic carbocycles. The zero-order valence-corrected chi connectivity index (χ0v) is 14.4. The second-order valence-corrected chi connectivity index (χ2v) is 6.09. The van der Waals surface area contributed by atoms with E-state index in [1.165, 1.54) is 0 Å². The van der Waals surface area contributed by atoms with E-state index in [0.717, 1.165) is 22.2 Å². The number of amides is 1. The Balaban J connectivity index is 1.60. The number of carbonyl (C=O) groups is 1. The van der Waals surface area contributed by atoms with Crippen molar-refractivity contribution >= 4 is 16.9 Å². The predicted octanol–water partition coefficient (Wildman–Crippen LogP) is 4.03. The van der Waals surface area contributed by atoms with Crippen LogP contribution in [0.4, 0.5) is 0 Å². The fourth-order valence-electron chi connectivity index (χ4n) is 3.08. The van der Waals surface area contributed by atoms with Gasteiger partial charge in [-0.2, -0.15) is 5.26 Å². The molecule has 3 aromatic carbocycles. The summed E-state index contributed by atoms with van der Waals surface area (Å²) in [6, 6.07) is 24.5. The molecule has 0 saturated carbocycles. The number of aromatic nitrogens is 2. The van der Waals surface area contributed by atoms with Crippen LogP contribution in [0.25, 0.3) is 22.2 Å². The SMILES string of the molecule is N#Cc1ccccc1-c1ccccc1C(=O)NCc1nc2ccccc2[nH]1. The number of rotatable bonds is 4. The minimum Gasteiger partial charge on any atom is -0.345 e. The molecular formula is C22H16N4O. The van der Waals surface area contributed by atoms with Crippen molar-refractivity contribution in [2.24, 2.45) is 0 Å². The van der Waals surface area contributed by atoms with Gasteiger partial charge in [-0.25, -0.2) is 4.98 Å². The maximum absolute atomic E-state index is 12.8. The lowest BCUT2D eigenvalue weighted by molar-refractivity contribution is 0.0950. The highest BCUT2D eigenvalue weighted by Crippen LogP contribution is 2.26. The third-order valence-electron chi connectivity index (χ3n) is 4.36. The van der Waals surface area contributed by atoms with Gasteiger partial charge in [-0.05, 0) is 29.8 Å². The van der Waals surface area contributed by atoms with Crippen molar-refractivity contribution in [3.05, 3.63) is 89.7 Å². The second-order valence-electron chi connectivity index (χ2n) is 6.09. The first-order valence-corrected chi connectivity index (χ1v) is 8.56. The van der Waals surface area contributed by atoms with Gasteiger partial charge < -0.3 is 10.3 Å². The smallest absolute Gasteiger partial charge is 0.252 e. The fourth-order valence-corrected chi connectivity index (χ4v) is 3.08. The number of hydrogen-bond donors (Lipinski definition) is 2. The maximum Gasteiger partial charge on any atom is 0.252 e. The number of fused-ring (bicyclic) bond motifs is 1. The Morgan fingerprint density at radius 3 is 2.48 bits per heavy atom. The number of nitrogens with one attached hydrogen (secondary N) is 2. The number of carbonyl (C=O) groups excluding carboxylic acids is 1. The molecule has 0 unspecified atom stereocenters. The summed E-state index contributed by atoms with van der Waals surface area (Å²) < 4.78 is 0. The number of nitriles is 1. The topological polar surface area (TPSA) is 81.6 Å². The number of benzene rings is 3. The van der Waals surface area contributed by atoms with Gasteiger partial charge >= 0.3 is 0 Å². The Morgan fingerprint density at radius 2 is 1.67 bits per heavy atom. The highest BCUT2D eigenvalue weighted by molar-refractivity contribution is 6.01. The molecule has 1 amide bonds. The Kier molecular flexibility index (Phi) is 4.38. The molecule has 2 N–H and O–H groups in total. The first-order chi connectivity index (χ1) is 13.3. The van der Waals surface area contributed by atoms with Crippen molar-refractivity contribution in [1.29, 1.82) is 5.26 Å². The van der Waals surface area contributed by atoms with Crippen molar-refractivity contribution in [3.63, 3.8) is 0 Å². The van der Waals surface area contributed by atoms with Gasteiger partial charge in [0.1, 0.15) is 5.82 Å². The molecule has 5 nitrogen and oxygen atoms in total. The highest BCUT2D eigenvalue weighted by Gasteiger charge is 2.15. The third kappa shape index (κ3) is 3.29. The molecule has 1 heterocycles. The molecule has 0 fully saturated rings. The number of hydrogen-bond acceptors (Lipinski definition) is 3. The van der Waals surface area contributed by atoms with Gasteiger partial charge in [-0.15, -0.1) is 0 Å². The highest BCUT2D eigenvalue weighted by atomic mass is 16.1. The molecule has 1 aromatic heterocycles. The fraction of sp³-hybridized carbons (Fsp3) is 0.0455. The summed E-state index contributed by atoms with van der Waals surface area (Å²) >= 11 is 0. The lowest BCUT2D eigenvalue weighted by atomic mass is 9.95. The van der Waals surface area contributed by atoms with E-state index in [2.05, 4.69) is 21.4 Å². The largest absolute Gasteiger partial charge is 0.345 e. The van der Waals surface area contributed by atoms with E-state index in [9.17, 15) is 10.1 Å². The van der Waals surface area contributed by atoms with Crippen LogP contribution in [-0.4, -0.2) is 15.9 Å². The Labute approximate surface area is 156 Å². The number of imidazole rings is 1. The lowest BCUT2D eigenvalue weighted by Crippen LogP contribution is -2.24. The standard InChI is InChI=1S/C22H16N4O/c23-13-15-7-1-2-8-16(15)17-9-3-4-10-18(17)22(27)24-14-21-25-19-11-5-6-12-20(19)26-21/h1-12H,14H2,(H,24,27)(H,25,26). The van der Waals surface area contributed by atoms with Gasteiger partial charge in [0.25, 0.3) is 5.91 Å². The first kappa shape index (κ1) is 16.6. The molecule has 0 saturated heterocycles. The van der Waals surface area contributed by atoms with E-state index in [1.807, 2.05) is 60.7 Å². The molecule has 0 aliphatic rings. The summed E-state index contributed by atoms with van der Waals surface area (Å²) in [5, 5.41) is 12.3. The van der Waals surface area contributed by atoms with Gasteiger partial charge in [0.15, 0.2) is 0 Å². The van der Waals surface area contributed by atoms with E-state index < -0.39 is 0 Å². The van der Waals surface area contributed by atoms with E-state index in [0.29, 0.717) is 23.5 Å². The number of nitrogens with zero attached hydrogens (tertiary/aromatic N) is 2. The summed E-state index contributed by atoms with van der Waals surface area (Å²) in [5.74, 6) is 0.484. The summed E-state index contributed by atoms with van der Waals surface area (Å²) in [6.07, 6.45) is 0. The molecule has 0 bridgehead atoms. The predicted molar refractivity (Wildman–Crippen MR) is 104 cm³/mol.